The number of likely N-dealkylation sites (tertiary alicyclic amines) is 1. The Morgan fingerprint density at radius 3 is 2.53 bits per heavy atom. The van der Waals surface area contributed by atoms with Crippen LogP contribution in [-0.2, 0) is 12.0 Å². The van der Waals surface area contributed by atoms with Crippen molar-refractivity contribution in [2.75, 3.05) is 27.2 Å². The van der Waals surface area contributed by atoms with Crippen LogP contribution in [0.1, 0.15) is 35.3 Å². The fourth-order valence-electron chi connectivity index (χ4n) is 2.53. The van der Waals surface area contributed by atoms with Crippen molar-refractivity contribution in [2.45, 2.75) is 38.6 Å². The second-order valence-electron chi connectivity index (χ2n) is 5.01. The molecule has 1 aliphatic rings. The molecule has 3 nitrogen and oxygen atoms in total. The molecule has 1 N–H and O–H groups in total. The van der Waals surface area contributed by atoms with Gasteiger partial charge in [0.2, 0.25) is 0 Å². The van der Waals surface area contributed by atoms with Crippen LogP contribution in [0.25, 0.3) is 0 Å². The monoisotopic (exact) mass is 253 g/mol. The van der Waals surface area contributed by atoms with Crippen LogP contribution < -0.4 is 5.32 Å². The van der Waals surface area contributed by atoms with Gasteiger partial charge in [-0.3, -0.25) is 0 Å². The van der Waals surface area contributed by atoms with E-state index in [1.165, 1.54) is 15.6 Å². The summed E-state index contributed by atoms with van der Waals surface area (Å²) >= 11 is 1.88. The Hall–Kier alpha value is -0.450. The summed E-state index contributed by atoms with van der Waals surface area (Å²) in [5.41, 5.74) is 1.40. The van der Waals surface area contributed by atoms with E-state index in [-0.39, 0.29) is 5.54 Å². The molecule has 0 amide bonds. The Kier molecular flexibility index (Phi) is 3.85. The van der Waals surface area contributed by atoms with Gasteiger partial charge in [0.1, 0.15) is 5.01 Å². The molecule has 96 valence electrons. The first-order valence-electron chi connectivity index (χ1n) is 6.45. The van der Waals surface area contributed by atoms with Crippen molar-refractivity contribution in [1.82, 2.24) is 15.2 Å². The second-order valence-corrected chi connectivity index (χ2v) is 6.21. The Morgan fingerprint density at radius 2 is 2.06 bits per heavy atom. The standard InChI is InChI=1S/C13H23N3S/c1-5-11-10(2)17-12(15-11)13(14-3)6-8-16(4)9-7-13/h14H,5-9H2,1-4H3. The maximum atomic E-state index is 4.86. The maximum absolute atomic E-state index is 4.86. The summed E-state index contributed by atoms with van der Waals surface area (Å²) in [5.74, 6) is 0. The number of aryl methyl sites for hydroxylation is 2. The van der Waals surface area contributed by atoms with E-state index in [1.807, 2.05) is 11.3 Å². The van der Waals surface area contributed by atoms with Gasteiger partial charge in [-0.1, -0.05) is 6.92 Å². The topological polar surface area (TPSA) is 28.2 Å². The highest BCUT2D eigenvalue weighted by Gasteiger charge is 2.36. The lowest BCUT2D eigenvalue weighted by Crippen LogP contribution is -2.48. The molecule has 0 spiro atoms. The Labute approximate surface area is 108 Å². The van der Waals surface area contributed by atoms with E-state index in [9.17, 15) is 0 Å². The normalized spacial score (nSPS) is 20.7. The third kappa shape index (κ3) is 2.39. The van der Waals surface area contributed by atoms with Gasteiger partial charge in [0.05, 0.1) is 11.2 Å². The Bertz CT molecular complexity index is 378. The molecule has 0 aromatic carbocycles. The van der Waals surface area contributed by atoms with Crippen LogP contribution in [-0.4, -0.2) is 37.1 Å². The third-order valence-electron chi connectivity index (χ3n) is 3.96. The van der Waals surface area contributed by atoms with Crippen molar-refractivity contribution >= 4 is 11.3 Å². The lowest BCUT2D eigenvalue weighted by Gasteiger charge is -2.39. The molecule has 1 aromatic heterocycles. The molecule has 4 heteroatoms. The molecule has 2 heterocycles. The zero-order chi connectivity index (χ0) is 12.5. The van der Waals surface area contributed by atoms with Crippen LogP contribution in [0, 0.1) is 6.92 Å². The molecule has 0 bridgehead atoms. The van der Waals surface area contributed by atoms with E-state index in [0.717, 1.165) is 32.4 Å². The van der Waals surface area contributed by atoms with Gasteiger partial charge < -0.3 is 10.2 Å². The highest BCUT2D eigenvalue weighted by Crippen LogP contribution is 2.35. The van der Waals surface area contributed by atoms with Gasteiger partial charge in [0.25, 0.3) is 0 Å². The molecule has 17 heavy (non-hydrogen) atoms. The van der Waals surface area contributed by atoms with Crippen molar-refractivity contribution < 1.29 is 0 Å². The van der Waals surface area contributed by atoms with E-state index in [1.54, 1.807) is 0 Å². The van der Waals surface area contributed by atoms with E-state index in [2.05, 4.69) is 38.2 Å². The van der Waals surface area contributed by atoms with Gasteiger partial charge in [-0.2, -0.15) is 0 Å². The van der Waals surface area contributed by atoms with Crippen LogP contribution in [0.3, 0.4) is 0 Å². The predicted octanol–water partition coefficient (Wildman–Crippen LogP) is 2.15. The van der Waals surface area contributed by atoms with Crippen molar-refractivity contribution in [3.8, 4) is 0 Å². The van der Waals surface area contributed by atoms with Crippen LogP contribution in [0.4, 0.5) is 0 Å². The summed E-state index contributed by atoms with van der Waals surface area (Å²) in [6.45, 7) is 6.69. The summed E-state index contributed by atoms with van der Waals surface area (Å²) in [5, 5.41) is 4.83. The Morgan fingerprint density at radius 1 is 1.41 bits per heavy atom. The number of rotatable bonds is 3. The first-order chi connectivity index (χ1) is 8.11. The maximum Gasteiger partial charge on any atom is 0.113 e. The van der Waals surface area contributed by atoms with E-state index in [4.69, 9.17) is 4.98 Å². The molecule has 1 fully saturated rings. The highest BCUT2D eigenvalue weighted by atomic mass is 32.1. The number of nitrogens with one attached hydrogen (secondary N) is 1. The summed E-state index contributed by atoms with van der Waals surface area (Å²) in [7, 11) is 4.28. The van der Waals surface area contributed by atoms with Crippen molar-refractivity contribution in [1.29, 1.82) is 0 Å². The number of hydrogen-bond acceptors (Lipinski definition) is 4. The SMILES string of the molecule is CCc1nc(C2(NC)CCN(C)CC2)sc1C. The smallest absolute Gasteiger partial charge is 0.113 e. The average Bonchev–Trinajstić information content (AvgIpc) is 2.72. The largest absolute Gasteiger partial charge is 0.308 e. The summed E-state index contributed by atoms with van der Waals surface area (Å²) in [4.78, 5) is 8.64. The number of aromatic nitrogens is 1. The molecule has 0 radical (unpaired) electrons. The van der Waals surface area contributed by atoms with Gasteiger partial charge in [0, 0.05) is 18.0 Å². The van der Waals surface area contributed by atoms with E-state index in [0.29, 0.717) is 0 Å². The molecule has 0 atom stereocenters. The number of hydrogen-bond donors (Lipinski definition) is 1. The van der Waals surface area contributed by atoms with Crippen LogP contribution in [0.5, 0.6) is 0 Å². The Balaban J connectivity index is 2.27. The minimum atomic E-state index is 0.120. The van der Waals surface area contributed by atoms with Crippen LogP contribution in [0.2, 0.25) is 0 Å². The van der Waals surface area contributed by atoms with Gasteiger partial charge >= 0.3 is 0 Å². The molecule has 2 rings (SSSR count). The minimum absolute atomic E-state index is 0.120. The molecule has 0 aliphatic carbocycles. The van der Waals surface area contributed by atoms with Gasteiger partial charge in [-0.05, 0) is 40.3 Å². The zero-order valence-electron chi connectivity index (χ0n) is 11.3. The molecule has 1 aromatic rings. The van der Waals surface area contributed by atoms with Gasteiger partial charge in [-0.15, -0.1) is 11.3 Å². The van der Waals surface area contributed by atoms with Crippen LogP contribution in [0.15, 0.2) is 0 Å². The first kappa shape index (κ1) is 13.0. The summed E-state index contributed by atoms with van der Waals surface area (Å²) in [6, 6.07) is 0. The quantitative estimate of drug-likeness (QED) is 0.894. The average molecular weight is 253 g/mol. The lowest BCUT2D eigenvalue weighted by atomic mass is 9.88. The van der Waals surface area contributed by atoms with Gasteiger partial charge in [0.15, 0.2) is 0 Å². The second kappa shape index (κ2) is 5.04. The summed E-state index contributed by atoms with van der Waals surface area (Å²) in [6.07, 6.45) is 3.37. The molecule has 1 aliphatic heterocycles. The fraction of sp³-hybridized carbons (Fsp3) is 0.769. The molecule has 0 saturated carbocycles. The fourth-order valence-corrected chi connectivity index (χ4v) is 3.79. The third-order valence-corrected chi connectivity index (χ3v) is 5.17. The predicted molar refractivity (Wildman–Crippen MR) is 73.7 cm³/mol. The van der Waals surface area contributed by atoms with E-state index < -0.39 is 0 Å². The lowest BCUT2D eigenvalue weighted by molar-refractivity contribution is 0.164. The van der Waals surface area contributed by atoms with Crippen LogP contribution >= 0.6 is 11.3 Å². The van der Waals surface area contributed by atoms with Crippen molar-refractivity contribution in [3.63, 3.8) is 0 Å². The highest BCUT2D eigenvalue weighted by molar-refractivity contribution is 7.11. The summed E-state index contributed by atoms with van der Waals surface area (Å²) < 4.78 is 0. The molecular weight excluding hydrogens is 230 g/mol. The van der Waals surface area contributed by atoms with Gasteiger partial charge in [-0.25, -0.2) is 4.98 Å². The molecule has 0 unspecified atom stereocenters. The number of thiazole rings is 1. The van der Waals surface area contributed by atoms with Crippen molar-refractivity contribution in [3.05, 3.63) is 15.6 Å². The van der Waals surface area contributed by atoms with E-state index >= 15 is 0 Å². The first-order valence-corrected chi connectivity index (χ1v) is 7.27. The van der Waals surface area contributed by atoms with Crippen molar-refractivity contribution in [2.24, 2.45) is 0 Å². The number of nitrogens with zero attached hydrogens (tertiary/aromatic N) is 2. The molecule has 1 saturated heterocycles. The zero-order valence-corrected chi connectivity index (χ0v) is 12.2. The molecular formula is C13H23N3S. The minimum Gasteiger partial charge on any atom is -0.308 e. The number of piperidine rings is 1.